The van der Waals surface area contributed by atoms with Crippen LogP contribution in [0.4, 0.5) is 0 Å². The van der Waals surface area contributed by atoms with E-state index in [1.807, 2.05) is 23.1 Å². The number of aromatic amines is 1. The van der Waals surface area contributed by atoms with E-state index in [1.54, 1.807) is 12.5 Å². The predicted octanol–water partition coefficient (Wildman–Crippen LogP) is 2.34. The summed E-state index contributed by atoms with van der Waals surface area (Å²) < 4.78 is 5.27. The molecule has 106 valence electrons. The van der Waals surface area contributed by atoms with Crippen molar-refractivity contribution < 1.29 is 9.21 Å². The number of nitrogens with one attached hydrogen (secondary N) is 1. The van der Waals surface area contributed by atoms with Gasteiger partial charge in [0.15, 0.2) is 0 Å². The van der Waals surface area contributed by atoms with Gasteiger partial charge in [0.05, 0.1) is 6.26 Å². The number of amides is 1. The average molecular weight is 273 g/mol. The highest BCUT2D eigenvalue weighted by Crippen LogP contribution is 2.25. The summed E-state index contributed by atoms with van der Waals surface area (Å²) in [5, 5.41) is 7.01. The average Bonchev–Trinajstić information content (AvgIpc) is 3.18. The molecule has 1 aliphatic heterocycles. The van der Waals surface area contributed by atoms with E-state index in [1.165, 1.54) is 0 Å². The lowest BCUT2D eigenvalue weighted by Crippen LogP contribution is -2.39. The van der Waals surface area contributed by atoms with E-state index < -0.39 is 0 Å². The minimum atomic E-state index is 0.214. The summed E-state index contributed by atoms with van der Waals surface area (Å²) in [6.07, 6.45) is 6.78. The lowest BCUT2D eigenvalue weighted by atomic mass is 9.94. The fraction of sp³-hybridized carbons (Fsp3) is 0.467. The SMILES string of the molecule is O=C(CCc1ccco1)N1CCC[C@H](c2ccn[nH]2)C1. The van der Waals surface area contributed by atoms with Gasteiger partial charge in [0.25, 0.3) is 0 Å². The van der Waals surface area contributed by atoms with Gasteiger partial charge in [-0.25, -0.2) is 0 Å². The minimum absolute atomic E-state index is 0.214. The normalized spacial score (nSPS) is 19.2. The van der Waals surface area contributed by atoms with Crippen molar-refractivity contribution in [2.75, 3.05) is 13.1 Å². The maximum atomic E-state index is 12.3. The molecule has 1 saturated heterocycles. The Labute approximate surface area is 118 Å². The molecule has 5 nitrogen and oxygen atoms in total. The largest absolute Gasteiger partial charge is 0.469 e. The Morgan fingerprint density at radius 3 is 3.20 bits per heavy atom. The third kappa shape index (κ3) is 2.92. The summed E-state index contributed by atoms with van der Waals surface area (Å²) in [5.74, 6) is 1.48. The summed E-state index contributed by atoms with van der Waals surface area (Å²) in [4.78, 5) is 14.2. The van der Waals surface area contributed by atoms with Gasteiger partial charge in [0.1, 0.15) is 5.76 Å². The Kier molecular flexibility index (Phi) is 3.85. The molecule has 3 heterocycles. The van der Waals surface area contributed by atoms with E-state index in [2.05, 4.69) is 10.2 Å². The molecular formula is C15H19N3O2. The molecular weight excluding hydrogens is 254 g/mol. The standard InChI is InChI=1S/C15H19N3O2/c19-15(6-5-13-4-2-10-20-13)18-9-1-3-12(11-18)14-7-8-16-17-14/h2,4,7-8,10,12H,1,3,5-6,9,11H2,(H,16,17)/t12-/m0/s1. The van der Waals surface area contributed by atoms with Gasteiger partial charge in [0.2, 0.25) is 5.91 Å². The third-order valence-electron chi connectivity index (χ3n) is 3.90. The molecule has 0 aromatic carbocycles. The zero-order chi connectivity index (χ0) is 13.8. The fourth-order valence-corrected chi connectivity index (χ4v) is 2.79. The summed E-state index contributed by atoms with van der Waals surface area (Å²) in [5.41, 5.74) is 1.13. The van der Waals surface area contributed by atoms with Crippen molar-refractivity contribution in [2.24, 2.45) is 0 Å². The summed E-state index contributed by atoms with van der Waals surface area (Å²) in [6.45, 7) is 1.65. The minimum Gasteiger partial charge on any atom is -0.469 e. The van der Waals surface area contributed by atoms with Crippen LogP contribution < -0.4 is 0 Å². The van der Waals surface area contributed by atoms with Gasteiger partial charge in [-0.3, -0.25) is 9.89 Å². The molecule has 2 aromatic rings. The molecule has 0 bridgehead atoms. The zero-order valence-electron chi connectivity index (χ0n) is 11.4. The lowest BCUT2D eigenvalue weighted by molar-refractivity contribution is -0.132. The van der Waals surface area contributed by atoms with E-state index in [0.717, 1.165) is 37.4 Å². The maximum absolute atomic E-state index is 12.3. The summed E-state index contributed by atoms with van der Waals surface area (Å²) >= 11 is 0. The van der Waals surface area contributed by atoms with Crippen molar-refractivity contribution in [3.8, 4) is 0 Å². The van der Waals surface area contributed by atoms with Gasteiger partial charge >= 0.3 is 0 Å². The lowest BCUT2D eigenvalue weighted by Gasteiger charge is -2.32. The van der Waals surface area contributed by atoms with Crippen LogP contribution in [0.3, 0.4) is 0 Å². The Bertz CT molecular complexity index is 533. The van der Waals surface area contributed by atoms with Gasteiger partial charge in [-0.2, -0.15) is 5.10 Å². The number of piperidine rings is 1. The van der Waals surface area contributed by atoms with Crippen LogP contribution in [0.15, 0.2) is 35.1 Å². The van der Waals surface area contributed by atoms with E-state index in [-0.39, 0.29) is 5.91 Å². The van der Waals surface area contributed by atoms with E-state index in [0.29, 0.717) is 18.8 Å². The molecule has 1 fully saturated rings. The van der Waals surface area contributed by atoms with E-state index in [9.17, 15) is 4.79 Å². The summed E-state index contributed by atoms with van der Waals surface area (Å²) in [6, 6.07) is 5.77. The zero-order valence-corrected chi connectivity index (χ0v) is 11.4. The number of carbonyl (C=O) groups excluding carboxylic acids is 1. The number of nitrogens with zero attached hydrogens (tertiary/aromatic N) is 2. The van der Waals surface area contributed by atoms with Gasteiger partial charge in [-0.05, 0) is 31.0 Å². The second kappa shape index (κ2) is 5.94. The van der Waals surface area contributed by atoms with Crippen LogP contribution in [-0.2, 0) is 11.2 Å². The number of H-pyrrole nitrogens is 1. The molecule has 1 atom stereocenters. The monoisotopic (exact) mass is 273 g/mol. The van der Waals surface area contributed by atoms with Crippen molar-refractivity contribution in [1.82, 2.24) is 15.1 Å². The first kappa shape index (κ1) is 13.0. The molecule has 2 aromatic heterocycles. The molecule has 1 aliphatic rings. The Hall–Kier alpha value is -2.04. The number of carbonyl (C=O) groups is 1. The topological polar surface area (TPSA) is 62.1 Å². The first-order valence-corrected chi connectivity index (χ1v) is 7.12. The highest BCUT2D eigenvalue weighted by Gasteiger charge is 2.25. The molecule has 0 saturated carbocycles. The van der Waals surface area contributed by atoms with Crippen molar-refractivity contribution in [3.05, 3.63) is 42.1 Å². The van der Waals surface area contributed by atoms with E-state index in [4.69, 9.17) is 4.42 Å². The highest BCUT2D eigenvalue weighted by molar-refractivity contribution is 5.76. The van der Waals surface area contributed by atoms with Crippen LogP contribution in [0.1, 0.15) is 36.6 Å². The summed E-state index contributed by atoms with van der Waals surface area (Å²) in [7, 11) is 0. The Morgan fingerprint density at radius 2 is 2.45 bits per heavy atom. The molecule has 1 N–H and O–H groups in total. The molecule has 0 aliphatic carbocycles. The van der Waals surface area contributed by atoms with E-state index >= 15 is 0 Å². The number of furan rings is 1. The van der Waals surface area contributed by atoms with Gasteiger partial charge in [0, 0.05) is 43.7 Å². The van der Waals surface area contributed by atoms with Crippen molar-refractivity contribution >= 4 is 5.91 Å². The number of hydrogen-bond acceptors (Lipinski definition) is 3. The number of aryl methyl sites for hydroxylation is 1. The quantitative estimate of drug-likeness (QED) is 0.930. The molecule has 0 unspecified atom stereocenters. The first-order valence-electron chi connectivity index (χ1n) is 7.12. The van der Waals surface area contributed by atoms with Crippen molar-refractivity contribution in [3.63, 3.8) is 0 Å². The number of rotatable bonds is 4. The number of hydrogen-bond donors (Lipinski definition) is 1. The Morgan fingerprint density at radius 1 is 1.50 bits per heavy atom. The molecule has 0 radical (unpaired) electrons. The van der Waals surface area contributed by atoms with Gasteiger partial charge < -0.3 is 9.32 Å². The van der Waals surface area contributed by atoms with Crippen molar-refractivity contribution in [1.29, 1.82) is 0 Å². The second-order valence-electron chi connectivity index (χ2n) is 5.27. The first-order chi connectivity index (χ1) is 9.83. The van der Waals surface area contributed by atoms with Gasteiger partial charge in [-0.1, -0.05) is 0 Å². The van der Waals surface area contributed by atoms with Crippen LogP contribution >= 0.6 is 0 Å². The maximum Gasteiger partial charge on any atom is 0.223 e. The molecule has 5 heteroatoms. The number of aromatic nitrogens is 2. The van der Waals surface area contributed by atoms with Gasteiger partial charge in [-0.15, -0.1) is 0 Å². The Balaban J connectivity index is 1.55. The molecule has 20 heavy (non-hydrogen) atoms. The molecule has 1 amide bonds. The van der Waals surface area contributed by atoms with Crippen molar-refractivity contribution in [2.45, 2.75) is 31.6 Å². The van der Waals surface area contributed by atoms with Crippen LogP contribution in [0.25, 0.3) is 0 Å². The van der Waals surface area contributed by atoms with Crippen LogP contribution in [0.2, 0.25) is 0 Å². The van der Waals surface area contributed by atoms with Crippen LogP contribution in [0, 0.1) is 0 Å². The smallest absolute Gasteiger partial charge is 0.223 e. The predicted molar refractivity (Wildman–Crippen MR) is 74.2 cm³/mol. The third-order valence-corrected chi connectivity index (χ3v) is 3.90. The molecule has 0 spiro atoms. The second-order valence-corrected chi connectivity index (χ2v) is 5.27. The highest BCUT2D eigenvalue weighted by atomic mass is 16.3. The fourth-order valence-electron chi connectivity index (χ4n) is 2.79. The molecule has 3 rings (SSSR count). The van der Waals surface area contributed by atoms with Crippen LogP contribution in [-0.4, -0.2) is 34.1 Å². The number of likely N-dealkylation sites (tertiary alicyclic amines) is 1. The van der Waals surface area contributed by atoms with Crippen LogP contribution in [0.5, 0.6) is 0 Å².